The summed E-state index contributed by atoms with van der Waals surface area (Å²) in [4.78, 5) is 23.9. The second kappa shape index (κ2) is 7.65. The van der Waals surface area contributed by atoms with E-state index in [1.165, 1.54) is 5.56 Å². The molecule has 0 saturated carbocycles. The molecule has 0 fully saturated rings. The topological polar surface area (TPSA) is 69.6 Å². The van der Waals surface area contributed by atoms with E-state index >= 15 is 0 Å². The number of carboxylic acids is 1. The standard InChI is InChI=1S/C15H22N2O3/c1-11(2)12-4-6-13(7-5-12)16-14(18)10-17(3)9-8-15(19)20/h4-7,11H,8-10H2,1-3H3,(H,16,18)(H,19,20). The molecule has 1 aromatic carbocycles. The van der Waals surface area contributed by atoms with Crippen LogP contribution in [0.3, 0.4) is 0 Å². The molecular weight excluding hydrogens is 256 g/mol. The highest BCUT2D eigenvalue weighted by molar-refractivity contribution is 5.92. The first kappa shape index (κ1) is 16.2. The molecule has 0 spiro atoms. The van der Waals surface area contributed by atoms with Crippen molar-refractivity contribution in [1.82, 2.24) is 4.90 Å². The highest BCUT2D eigenvalue weighted by Crippen LogP contribution is 2.16. The fraction of sp³-hybridized carbons (Fsp3) is 0.467. The third-order valence-corrected chi connectivity index (χ3v) is 2.98. The molecule has 0 radical (unpaired) electrons. The van der Waals surface area contributed by atoms with Crippen LogP contribution in [0.4, 0.5) is 5.69 Å². The molecule has 0 heterocycles. The minimum atomic E-state index is -0.860. The van der Waals surface area contributed by atoms with Crippen molar-refractivity contribution in [2.75, 3.05) is 25.5 Å². The Hall–Kier alpha value is -1.88. The number of nitrogens with zero attached hydrogens (tertiary/aromatic N) is 1. The molecule has 1 aromatic rings. The predicted molar refractivity (Wildman–Crippen MR) is 78.9 cm³/mol. The van der Waals surface area contributed by atoms with Crippen molar-refractivity contribution >= 4 is 17.6 Å². The number of nitrogens with one attached hydrogen (secondary N) is 1. The molecule has 0 atom stereocenters. The molecule has 1 rings (SSSR count). The van der Waals surface area contributed by atoms with Gasteiger partial charge < -0.3 is 10.4 Å². The molecule has 0 unspecified atom stereocenters. The Morgan fingerprint density at radius 3 is 2.35 bits per heavy atom. The van der Waals surface area contributed by atoms with Gasteiger partial charge in [-0.15, -0.1) is 0 Å². The van der Waals surface area contributed by atoms with Gasteiger partial charge in [-0.05, 0) is 30.7 Å². The van der Waals surface area contributed by atoms with Gasteiger partial charge in [0.2, 0.25) is 5.91 Å². The fourth-order valence-corrected chi connectivity index (χ4v) is 1.76. The maximum Gasteiger partial charge on any atom is 0.304 e. The number of aliphatic carboxylic acids is 1. The van der Waals surface area contributed by atoms with Crippen molar-refractivity contribution in [2.45, 2.75) is 26.2 Å². The quantitative estimate of drug-likeness (QED) is 0.802. The molecule has 2 N–H and O–H groups in total. The molecular formula is C15H22N2O3. The van der Waals surface area contributed by atoms with E-state index in [0.29, 0.717) is 12.5 Å². The van der Waals surface area contributed by atoms with Crippen LogP contribution in [0, 0.1) is 0 Å². The summed E-state index contributed by atoms with van der Waals surface area (Å²) >= 11 is 0. The van der Waals surface area contributed by atoms with Gasteiger partial charge in [-0.25, -0.2) is 0 Å². The van der Waals surface area contributed by atoms with Crippen molar-refractivity contribution in [1.29, 1.82) is 0 Å². The van der Waals surface area contributed by atoms with Crippen molar-refractivity contribution in [2.24, 2.45) is 0 Å². The minimum absolute atomic E-state index is 0.0346. The molecule has 5 heteroatoms. The maximum absolute atomic E-state index is 11.8. The van der Waals surface area contributed by atoms with Crippen LogP contribution in [0.25, 0.3) is 0 Å². The lowest BCUT2D eigenvalue weighted by molar-refractivity contribution is -0.137. The van der Waals surface area contributed by atoms with E-state index < -0.39 is 5.97 Å². The number of hydrogen-bond acceptors (Lipinski definition) is 3. The number of carbonyl (C=O) groups is 2. The second-order valence-electron chi connectivity index (χ2n) is 5.21. The Bertz CT molecular complexity index is 455. The molecule has 110 valence electrons. The van der Waals surface area contributed by atoms with Gasteiger partial charge in [0.15, 0.2) is 0 Å². The lowest BCUT2D eigenvalue weighted by atomic mass is 10.0. The summed E-state index contributed by atoms with van der Waals surface area (Å²) in [6.45, 7) is 4.77. The molecule has 0 aliphatic heterocycles. The van der Waals surface area contributed by atoms with Gasteiger partial charge in [-0.3, -0.25) is 14.5 Å². The summed E-state index contributed by atoms with van der Waals surface area (Å²) in [7, 11) is 1.73. The maximum atomic E-state index is 11.8. The summed E-state index contributed by atoms with van der Waals surface area (Å²) in [6.07, 6.45) is 0.0346. The van der Waals surface area contributed by atoms with E-state index in [4.69, 9.17) is 5.11 Å². The van der Waals surface area contributed by atoms with Gasteiger partial charge in [0.05, 0.1) is 13.0 Å². The van der Waals surface area contributed by atoms with E-state index in [9.17, 15) is 9.59 Å². The van der Waals surface area contributed by atoms with Crippen LogP contribution in [-0.2, 0) is 9.59 Å². The number of carbonyl (C=O) groups excluding carboxylic acids is 1. The Morgan fingerprint density at radius 2 is 1.85 bits per heavy atom. The number of likely N-dealkylation sites (N-methyl/N-ethyl adjacent to an activating group) is 1. The molecule has 20 heavy (non-hydrogen) atoms. The zero-order valence-corrected chi connectivity index (χ0v) is 12.2. The second-order valence-corrected chi connectivity index (χ2v) is 5.21. The van der Waals surface area contributed by atoms with Crippen LogP contribution in [0.15, 0.2) is 24.3 Å². The van der Waals surface area contributed by atoms with Gasteiger partial charge in [0.1, 0.15) is 0 Å². The summed E-state index contributed by atoms with van der Waals surface area (Å²) < 4.78 is 0. The number of hydrogen-bond donors (Lipinski definition) is 2. The smallest absolute Gasteiger partial charge is 0.304 e. The van der Waals surface area contributed by atoms with Gasteiger partial charge in [0, 0.05) is 12.2 Å². The van der Waals surface area contributed by atoms with Gasteiger partial charge in [0.25, 0.3) is 0 Å². The number of benzene rings is 1. The molecule has 0 saturated heterocycles. The summed E-state index contributed by atoms with van der Waals surface area (Å²) in [6, 6.07) is 7.75. The average molecular weight is 278 g/mol. The molecule has 0 aliphatic carbocycles. The number of rotatable bonds is 7. The van der Waals surface area contributed by atoms with Crippen molar-refractivity contribution in [3.63, 3.8) is 0 Å². The zero-order valence-electron chi connectivity index (χ0n) is 12.2. The summed E-state index contributed by atoms with van der Waals surface area (Å²) in [5.41, 5.74) is 1.98. The minimum Gasteiger partial charge on any atom is -0.481 e. The average Bonchev–Trinajstić information content (AvgIpc) is 2.36. The first-order valence-corrected chi connectivity index (χ1v) is 6.68. The van der Waals surface area contributed by atoms with Gasteiger partial charge in [-0.1, -0.05) is 26.0 Å². The number of amides is 1. The normalized spacial score (nSPS) is 10.8. The Labute approximate surface area is 119 Å². The Morgan fingerprint density at radius 1 is 1.25 bits per heavy atom. The molecule has 0 aliphatic rings. The van der Waals surface area contributed by atoms with Crippen LogP contribution in [0.5, 0.6) is 0 Å². The van der Waals surface area contributed by atoms with Gasteiger partial charge >= 0.3 is 5.97 Å². The number of anilines is 1. The highest BCUT2D eigenvalue weighted by atomic mass is 16.4. The third-order valence-electron chi connectivity index (χ3n) is 2.98. The zero-order chi connectivity index (χ0) is 15.1. The third kappa shape index (κ3) is 5.84. The Balaban J connectivity index is 2.43. The highest BCUT2D eigenvalue weighted by Gasteiger charge is 2.08. The summed E-state index contributed by atoms with van der Waals surface area (Å²) in [5, 5.41) is 11.4. The largest absolute Gasteiger partial charge is 0.481 e. The van der Waals surface area contributed by atoms with E-state index in [2.05, 4.69) is 19.2 Å². The molecule has 5 nitrogen and oxygen atoms in total. The lowest BCUT2D eigenvalue weighted by Crippen LogP contribution is -2.31. The fourth-order valence-electron chi connectivity index (χ4n) is 1.76. The molecule has 1 amide bonds. The Kier molecular flexibility index (Phi) is 6.18. The van der Waals surface area contributed by atoms with Crippen molar-refractivity contribution in [3.05, 3.63) is 29.8 Å². The van der Waals surface area contributed by atoms with Crippen LogP contribution in [0.2, 0.25) is 0 Å². The van der Waals surface area contributed by atoms with Crippen molar-refractivity contribution in [3.8, 4) is 0 Å². The van der Waals surface area contributed by atoms with E-state index in [1.807, 2.05) is 24.3 Å². The van der Waals surface area contributed by atoms with Crippen LogP contribution in [-0.4, -0.2) is 42.0 Å². The molecule has 0 aromatic heterocycles. The van der Waals surface area contributed by atoms with Crippen LogP contribution < -0.4 is 5.32 Å². The monoisotopic (exact) mass is 278 g/mol. The van der Waals surface area contributed by atoms with E-state index in [-0.39, 0.29) is 18.9 Å². The summed E-state index contributed by atoms with van der Waals surface area (Å²) in [5.74, 6) is -0.543. The van der Waals surface area contributed by atoms with Crippen LogP contribution >= 0.6 is 0 Å². The predicted octanol–water partition coefficient (Wildman–Crippen LogP) is 2.16. The molecule has 0 bridgehead atoms. The first-order chi connectivity index (χ1) is 9.38. The number of carboxylic acid groups (broad SMARTS) is 1. The van der Waals surface area contributed by atoms with E-state index in [1.54, 1.807) is 11.9 Å². The first-order valence-electron chi connectivity index (χ1n) is 6.68. The SMILES string of the molecule is CC(C)c1ccc(NC(=O)CN(C)CCC(=O)O)cc1. The van der Waals surface area contributed by atoms with Gasteiger partial charge in [-0.2, -0.15) is 0 Å². The van der Waals surface area contributed by atoms with E-state index in [0.717, 1.165) is 5.69 Å². The van der Waals surface area contributed by atoms with Crippen LogP contribution in [0.1, 0.15) is 31.7 Å². The lowest BCUT2D eigenvalue weighted by Gasteiger charge is -2.15. The van der Waals surface area contributed by atoms with Crippen molar-refractivity contribution < 1.29 is 14.7 Å².